The molecule has 230 valence electrons. The molecule has 0 saturated heterocycles. The number of unbranched alkanes of at least 4 members (excludes halogenated alkanes) is 1. The summed E-state index contributed by atoms with van der Waals surface area (Å²) in [5.74, 6) is -6.48. The van der Waals surface area contributed by atoms with Crippen molar-refractivity contribution in [2.75, 3.05) is 27.7 Å². The molecule has 6 N–H and O–H groups in total. The highest BCUT2D eigenvalue weighted by Gasteiger charge is 2.29. The largest absolute Gasteiger partial charge is 0.542 e. The van der Waals surface area contributed by atoms with E-state index in [1.54, 1.807) is 12.1 Å². The zero-order chi connectivity index (χ0) is 32.0. The van der Waals surface area contributed by atoms with Crippen LogP contribution in [0.3, 0.4) is 0 Å². The average molecular weight is 596 g/mol. The van der Waals surface area contributed by atoms with Gasteiger partial charge in [0.1, 0.15) is 18.1 Å². The molecule has 1 rings (SSSR count). The number of carbonyl (C=O) groups excluding carboxylic acids is 3. The van der Waals surface area contributed by atoms with Gasteiger partial charge >= 0.3 is 30.1 Å². The first kappa shape index (κ1) is 36.5. The zero-order valence-corrected chi connectivity index (χ0v) is 22.4. The molecule has 0 spiro atoms. The van der Waals surface area contributed by atoms with Crippen LogP contribution in [0, 0.1) is 0 Å². The van der Waals surface area contributed by atoms with E-state index in [0.29, 0.717) is 22.9 Å². The lowest BCUT2D eigenvalue weighted by Gasteiger charge is -2.21. The minimum absolute atomic E-state index is 0.0469. The van der Waals surface area contributed by atoms with Crippen molar-refractivity contribution in [1.82, 2.24) is 25.4 Å². The molecule has 1 aromatic rings. The highest BCUT2D eigenvalue weighted by atomic mass is 19.4. The van der Waals surface area contributed by atoms with Gasteiger partial charge in [0.05, 0.1) is 26.7 Å². The molecule has 0 saturated carbocycles. The van der Waals surface area contributed by atoms with Gasteiger partial charge in [-0.05, 0) is 31.7 Å². The minimum atomic E-state index is -5.19. The Morgan fingerprint density at radius 1 is 0.927 bits per heavy atom. The Morgan fingerprint density at radius 3 is 1.83 bits per heavy atom. The molecular weight excluding hydrogens is 563 g/mol. The molecule has 15 nitrogen and oxygen atoms in total. The number of carboxylic acid groups (broad SMARTS) is 4. The Balaban J connectivity index is 0.00000201. The number of halogens is 3. The van der Waals surface area contributed by atoms with Crippen molar-refractivity contribution in [2.24, 2.45) is 0 Å². The number of quaternary nitrogens is 1. The Kier molecular flexibility index (Phi) is 14.8. The number of alkyl halides is 3. The van der Waals surface area contributed by atoms with Crippen LogP contribution in [0.1, 0.15) is 42.5 Å². The molecule has 1 aromatic heterocycles. The van der Waals surface area contributed by atoms with Gasteiger partial charge in [0.15, 0.2) is 0 Å². The van der Waals surface area contributed by atoms with E-state index in [-0.39, 0.29) is 25.3 Å². The number of hydrogen-bond acceptors (Lipinski definition) is 8. The predicted octanol–water partition coefficient (Wildman–Crippen LogP) is -0.453. The molecule has 0 radical (unpaired) electrons. The van der Waals surface area contributed by atoms with Crippen LogP contribution >= 0.6 is 0 Å². The van der Waals surface area contributed by atoms with E-state index < -0.39 is 54.6 Å². The van der Waals surface area contributed by atoms with Gasteiger partial charge in [-0.1, -0.05) is 0 Å². The molecule has 0 aromatic carbocycles. The van der Waals surface area contributed by atoms with E-state index in [1.165, 1.54) is 6.20 Å². The number of pyridine rings is 1. The summed E-state index contributed by atoms with van der Waals surface area (Å²) >= 11 is 0. The summed E-state index contributed by atoms with van der Waals surface area (Å²) in [5, 5.41) is 42.8. The number of nitrogens with zero attached hydrogens (tertiary/aromatic N) is 2. The van der Waals surface area contributed by atoms with Gasteiger partial charge in [-0.25, -0.2) is 19.4 Å². The number of aromatic nitrogens is 1. The number of carboxylic acids is 4. The third-order valence-electron chi connectivity index (χ3n) is 4.99. The predicted molar refractivity (Wildman–Crippen MR) is 132 cm³/mol. The van der Waals surface area contributed by atoms with E-state index in [1.807, 2.05) is 21.1 Å². The number of urea groups is 1. The highest BCUT2D eigenvalue weighted by Crippen LogP contribution is 2.13. The van der Waals surface area contributed by atoms with Gasteiger partial charge in [0.25, 0.3) is 5.91 Å². The Bertz CT molecular complexity index is 1080. The van der Waals surface area contributed by atoms with Crippen molar-refractivity contribution in [3.8, 4) is 0 Å². The van der Waals surface area contributed by atoms with Crippen molar-refractivity contribution >= 4 is 41.6 Å². The number of amides is 3. The molecule has 0 bridgehead atoms. The van der Waals surface area contributed by atoms with Crippen LogP contribution in [0.2, 0.25) is 0 Å². The molecule has 41 heavy (non-hydrogen) atoms. The fourth-order valence-electron chi connectivity index (χ4n) is 2.84. The standard InChI is InChI=1S/C21H31N5O8.C2HF3O2/c1-26(2,3)16-9-7-13(12-23-16)18(29)22-11-5-4-6-14(19(30)31)24-21(34)25-15(20(32)33)8-10-17(27)28;3-2(4,5)1(6)7/h7,9,12,14-15H,4-6,8,10-11H2,1-3H3,(H5-,22,24,25,27,28,29,30,31,32,33,34);(H,6,7). The first-order valence-electron chi connectivity index (χ1n) is 11.8. The summed E-state index contributed by atoms with van der Waals surface area (Å²) in [6.07, 6.45) is -3.68. The normalized spacial score (nSPS) is 12.5. The molecule has 0 aliphatic rings. The van der Waals surface area contributed by atoms with E-state index in [4.69, 9.17) is 20.1 Å². The fourth-order valence-corrected chi connectivity index (χ4v) is 2.84. The summed E-state index contributed by atoms with van der Waals surface area (Å²) in [5.41, 5.74) is 0.398. The van der Waals surface area contributed by atoms with Crippen molar-refractivity contribution in [1.29, 1.82) is 0 Å². The summed E-state index contributed by atoms with van der Waals surface area (Å²) < 4.78 is 32.1. The van der Waals surface area contributed by atoms with Crippen molar-refractivity contribution in [3.63, 3.8) is 0 Å². The second kappa shape index (κ2) is 16.6. The van der Waals surface area contributed by atoms with Gasteiger partial charge in [-0.15, -0.1) is 0 Å². The molecule has 3 amide bonds. The Labute approximate surface area is 231 Å². The first-order chi connectivity index (χ1) is 18.7. The van der Waals surface area contributed by atoms with Crippen LogP contribution in [0.25, 0.3) is 0 Å². The SMILES string of the molecule is C[N+](C)(C)c1ccc(C(=O)NCCCCC(NC(=O)NC(CCC(=O)O)C(=O)O)C(=O)O)cn1.O=C([O-])C(F)(F)F. The number of rotatable bonds is 14. The topological polar surface area (TPSA) is 235 Å². The highest BCUT2D eigenvalue weighted by molar-refractivity contribution is 5.94. The molecule has 2 atom stereocenters. The Hall–Kier alpha value is -4.48. The maximum absolute atomic E-state index is 12.2. The summed E-state index contributed by atoms with van der Waals surface area (Å²) in [7, 11) is 5.86. The third-order valence-corrected chi connectivity index (χ3v) is 4.99. The average Bonchev–Trinajstić information content (AvgIpc) is 2.84. The first-order valence-corrected chi connectivity index (χ1v) is 11.8. The van der Waals surface area contributed by atoms with Crippen LogP contribution in [-0.4, -0.2) is 102 Å². The zero-order valence-electron chi connectivity index (χ0n) is 22.4. The summed E-state index contributed by atoms with van der Waals surface area (Å²) in [6.45, 7) is 0.282. The maximum atomic E-state index is 12.2. The molecule has 0 fully saturated rings. The lowest BCUT2D eigenvalue weighted by molar-refractivity contribution is -0.344. The van der Waals surface area contributed by atoms with Crippen molar-refractivity contribution < 1.29 is 62.4 Å². The number of nitrogens with one attached hydrogen (secondary N) is 3. The number of carbonyl (C=O) groups is 6. The quantitative estimate of drug-likeness (QED) is 0.119. The van der Waals surface area contributed by atoms with E-state index >= 15 is 0 Å². The second-order valence-corrected chi connectivity index (χ2v) is 9.29. The maximum Gasteiger partial charge on any atom is 0.430 e. The summed E-state index contributed by atoms with van der Waals surface area (Å²) in [4.78, 5) is 70.4. The van der Waals surface area contributed by atoms with Crippen LogP contribution < -0.4 is 25.5 Å². The number of hydrogen-bond donors (Lipinski definition) is 6. The molecule has 0 aliphatic carbocycles. The monoisotopic (exact) mass is 595 g/mol. The number of aliphatic carboxylic acids is 4. The van der Waals surface area contributed by atoms with Crippen LogP contribution in [-0.2, 0) is 19.2 Å². The van der Waals surface area contributed by atoms with Crippen LogP contribution in [0.5, 0.6) is 0 Å². The van der Waals surface area contributed by atoms with E-state index in [9.17, 15) is 42.3 Å². The van der Waals surface area contributed by atoms with Crippen molar-refractivity contribution in [3.05, 3.63) is 23.9 Å². The second-order valence-electron chi connectivity index (χ2n) is 9.29. The van der Waals surface area contributed by atoms with Gasteiger partial charge in [-0.2, -0.15) is 13.2 Å². The molecule has 18 heteroatoms. The molecule has 0 aliphatic heterocycles. The van der Waals surface area contributed by atoms with Crippen LogP contribution in [0.15, 0.2) is 18.3 Å². The fraction of sp³-hybridized carbons (Fsp3) is 0.522. The van der Waals surface area contributed by atoms with Crippen molar-refractivity contribution in [2.45, 2.75) is 50.4 Å². The van der Waals surface area contributed by atoms with E-state index in [0.717, 1.165) is 5.82 Å². The molecule has 1 heterocycles. The molecule has 2 unspecified atom stereocenters. The van der Waals surface area contributed by atoms with Gasteiger partial charge in [-0.3, -0.25) is 14.1 Å². The van der Waals surface area contributed by atoms with Crippen LogP contribution in [0.4, 0.5) is 23.8 Å². The lowest BCUT2D eigenvalue weighted by atomic mass is 10.1. The molecular formula is C23H32F3N5O10. The van der Waals surface area contributed by atoms with Gasteiger partial charge < -0.3 is 41.2 Å². The van der Waals surface area contributed by atoms with Gasteiger partial charge in [0.2, 0.25) is 5.82 Å². The third kappa shape index (κ3) is 15.6. The minimum Gasteiger partial charge on any atom is -0.542 e. The smallest absolute Gasteiger partial charge is 0.430 e. The summed E-state index contributed by atoms with van der Waals surface area (Å²) in [6, 6.07) is -0.336. The lowest BCUT2D eigenvalue weighted by Crippen LogP contribution is -2.51. The van der Waals surface area contributed by atoms with E-state index in [2.05, 4.69) is 20.9 Å². The Morgan fingerprint density at radius 2 is 1.44 bits per heavy atom. The van der Waals surface area contributed by atoms with Gasteiger partial charge in [0, 0.05) is 25.2 Å².